The lowest BCUT2D eigenvalue weighted by Gasteiger charge is -2.36. The van der Waals surface area contributed by atoms with Crippen molar-refractivity contribution in [1.29, 1.82) is 0 Å². The van der Waals surface area contributed by atoms with Gasteiger partial charge in [-0.25, -0.2) is 4.39 Å². The predicted molar refractivity (Wildman–Crippen MR) is 100 cm³/mol. The van der Waals surface area contributed by atoms with Crippen molar-refractivity contribution >= 4 is 17.3 Å². The van der Waals surface area contributed by atoms with Crippen LogP contribution in [0.25, 0.3) is 0 Å². The number of nitro benzene ring substituents is 1. The zero-order chi connectivity index (χ0) is 20.1. The minimum absolute atomic E-state index is 0.00384. The number of ether oxygens (including phenoxy) is 2. The molecule has 0 radical (unpaired) electrons. The number of nitro groups is 1. The topological polar surface area (TPSA) is 85.2 Å². The number of carbonyl (C=O) groups excluding carboxylic acids is 1. The predicted octanol–water partition coefficient (Wildman–Crippen LogP) is 2.47. The Morgan fingerprint density at radius 3 is 2.54 bits per heavy atom. The fraction of sp³-hybridized carbons (Fsp3) is 0.316. The van der Waals surface area contributed by atoms with Crippen molar-refractivity contribution < 1.29 is 23.6 Å². The third kappa shape index (κ3) is 4.30. The third-order valence-electron chi connectivity index (χ3n) is 4.54. The van der Waals surface area contributed by atoms with Crippen LogP contribution in [0.5, 0.6) is 11.5 Å². The van der Waals surface area contributed by atoms with E-state index in [4.69, 9.17) is 9.47 Å². The van der Waals surface area contributed by atoms with E-state index in [1.54, 1.807) is 23.1 Å². The Balaban J connectivity index is 1.57. The minimum atomic E-state index is -0.588. The Kier molecular flexibility index (Phi) is 5.93. The molecular weight excluding hydrogens is 369 g/mol. The molecule has 2 aromatic rings. The van der Waals surface area contributed by atoms with E-state index in [0.717, 1.165) is 0 Å². The summed E-state index contributed by atoms with van der Waals surface area (Å²) < 4.78 is 24.2. The molecule has 0 aliphatic carbocycles. The van der Waals surface area contributed by atoms with E-state index >= 15 is 0 Å². The first-order chi connectivity index (χ1) is 13.5. The third-order valence-corrected chi connectivity index (χ3v) is 4.54. The molecule has 0 spiro atoms. The molecule has 1 aliphatic heterocycles. The van der Waals surface area contributed by atoms with Crippen molar-refractivity contribution in [3.05, 3.63) is 58.4 Å². The molecule has 0 saturated carbocycles. The SMILES string of the molecule is COc1ccc(OCC(=O)N2CCN(c3ccccc3F)CC2)c([N+](=O)[O-])c1. The quantitative estimate of drug-likeness (QED) is 0.557. The number of benzene rings is 2. The Morgan fingerprint density at radius 2 is 1.89 bits per heavy atom. The highest BCUT2D eigenvalue weighted by Gasteiger charge is 2.24. The maximum Gasteiger partial charge on any atom is 0.314 e. The molecule has 28 heavy (non-hydrogen) atoms. The molecule has 0 aromatic heterocycles. The molecule has 0 bridgehead atoms. The van der Waals surface area contributed by atoms with Gasteiger partial charge in [0.05, 0.1) is 23.8 Å². The molecule has 1 aliphatic rings. The van der Waals surface area contributed by atoms with Gasteiger partial charge in [-0.3, -0.25) is 14.9 Å². The fourth-order valence-corrected chi connectivity index (χ4v) is 3.02. The maximum atomic E-state index is 13.9. The zero-order valence-corrected chi connectivity index (χ0v) is 15.3. The van der Waals surface area contributed by atoms with Gasteiger partial charge in [0.1, 0.15) is 11.6 Å². The average molecular weight is 389 g/mol. The van der Waals surface area contributed by atoms with E-state index in [9.17, 15) is 19.3 Å². The van der Waals surface area contributed by atoms with Crippen LogP contribution in [0, 0.1) is 15.9 Å². The molecule has 1 heterocycles. The first-order valence-corrected chi connectivity index (χ1v) is 8.72. The number of piperazine rings is 1. The van der Waals surface area contributed by atoms with Crippen molar-refractivity contribution in [2.45, 2.75) is 0 Å². The van der Waals surface area contributed by atoms with Crippen LogP contribution >= 0.6 is 0 Å². The van der Waals surface area contributed by atoms with Crippen molar-refractivity contribution in [2.24, 2.45) is 0 Å². The summed E-state index contributed by atoms with van der Waals surface area (Å²) in [4.78, 5) is 26.5. The number of amides is 1. The minimum Gasteiger partial charge on any atom is -0.496 e. The van der Waals surface area contributed by atoms with Crippen molar-refractivity contribution in [3.63, 3.8) is 0 Å². The van der Waals surface area contributed by atoms with Crippen molar-refractivity contribution in [1.82, 2.24) is 4.90 Å². The van der Waals surface area contributed by atoms with Crippen LogP contribution in [-0.4, -0.2) is 55.6 Å². The number of nitrogens with zero attached hydrogens (tertiary/aromatic N) is 3. The normalized spacial score (nSPS) is 13.9. The highest BCUT2D eigenvalue weighted by molar-refractivity contribution is 5.78. The monoisotopic (exact) mass is 389 g/mol. The molecule has 9 heteroatoms. The van der Waals surface area contributed by atoms with Crippen LogP contribution in [0.1, 0.15) is 0 Å². The Labute approximate surface area is 161 Å². The van der Waals surface area contributed by atoms with Gasteiger partial charge in [-0.1, -0.05) is 12.1 Å². The summed E-state index contributed by atoms with van der Waals surface area (Å²) in [5, 5.41) is 11.2. The number of para-hydroxylation sites is 1. The summed E-state index contributed by atoms with van der Waals surface area (Å²) in [5.41, 5.74) is 0.247. The largest absolute Gasteiger partial charge is 0.496 e. The van der Waals surface area contributed by atoms with E-state index in [2.05, 4.69) is 0 Å². The fourth-order valence-electron chi connectivity index (χ4n) is 3.02. The molecule has 148 valence electrons. The zero-order valence-electron chi connectivity index (χ0n) is 15.3. The number of anilines is 1. The maximum absolute atomic E-state index is 13.9. The number of carbonyl (C=O) groups is 1. The summed E-state index contributed by atoms with van der Waals surface area (Å²) in [5.74, 6) is -0.241. The summed E-state index contributed by atoms with van der Waals surface area (Å²) in [7, 11) is 1.41. The molecule has 1 fully saturated rings. The Hall–Kier alpha value is -3.36. The van der Waals surface area contributed by atoms with Gasteiger partial charge < -0.3 is 19.3 Å². The number of halogens is 1. The molecule has 0 atom stereocenters. The summed E-state index contributed by atoms with van der Waals surface area (Å²) >= 11 is 0. The van der Waals surface area contributed by atoms with Crippen LogP contribution < -0.4 is 14.4 Å². The van der Waals surface area contributed by atoms with Crippen molar-refractivity contribution in [3.8, 4) is 11.5 Å². The van der Waals surface area contributed by atoms with E-state index in [0.29, 0.717) is 37.6 Å². The second-order valence-electron chi connectivity index (χ2n) is 6.20. The highest BCUT2D eigenvalue weighted by atomic mass is 19.1. The lowest BCUT2D eigenvalue weighted by molar-refractivity contribution is -0.385. The van der Waals surface area contributed by atoms with Crippen LogP contribution in [0.15, 0.2) is 42.5 Å². The molecule has 1 amide bonds. The molecule has 8 nitrogen and oxygen atoms in total. The van der Waals surface area contributed by atoms with Crippen LogP contribution in [-0.2, 0) is 4.79 Å². The van der Waals surface area contributed by atoms with Gasteiger partial charge in [0.25, 0.3) is 5.91 Å². The molecule has 1 saturated heterocycles. The van der Waals surface area contributed by atoms with E-state index < -0.39 is 4.92 Å². The number of rotatable bonds is 6. The second-order valence-corrected chi connectivity index (χ2v) is 6.20. The number of hydrogen-bond acceptors (Lipinski definition) is 6. The van der Waals surface area contributed by atoms with Crippen molar-refractivity contribution in [2.75, 3.05) is 44.8 Å². The second kappa shape index (κ2) is 8.55. The molecule has 0 N–H and O–H groups in total. The summed E-state index contributed by atoms with van der Waals surface area (Å²) in [6.07, 6.45) is 0. The lowest BCUT2D eigenvalue weighted by Crippen LogP contribution is -2.50. The number of methoxy groups -OCH3 is 1. The lowest BCUT2D eigenvalue weighted by atomic mass is 10.2. The van der Waals surface area contributed by atoms with E-state index in [1.807, 2.05) is 4.90 Å². The highest BCUT2D eigenvalue weighted by Crippen LogP contribution is 2.31. The average Bonchev–Trinajstić information content (AvgIpc) is 2.72. The molecule has 0 unspecified atom stereocenters. The number of hydrogen-bond donors (Lipinski definition) is 0. The van der Waals surface area contributed by atoms with Gasteiger partial charge in [0, 0.05) is 26.2 Å². The molecule has 3 rings (SSSR count). The first-order valence-electron chi connectivity index (χ1n) is 8.72. The summed E-state index contributed by atoms with van der Waals surface area (Å²) in [6.45, 7) is 1.51. The van der Waals surface area contributed by atoms with Gasteiger partial charge >= 0.3 is 5.69 Å². The molecule has 2 aromatic carbocycles. The van der Waals surface area contributed by atoms with Gasteiger partial charge in [-0.05, 0) is 24.3 Å². The van der Waals surface area contributed by atoms with E-state index in [1.165, 1.54) is 31.4 Å². The molecular formula is C19H20FN3O5. The summed E-state index contributed by atoms with van der Waals surface area (Å²) in [6, 6.07) is 10.7. The smallest absolute Gasteiger partial charge is 0.314 e. The Morgan fingerprint density at radius 1 is 1.18 bits per heavy atom. The van der Waals surface area contributed by atoms with Crippen LogP contribution in [0.2, 0.25) is 0 Å². The van der Waals surface area contributed by atoms with Gasteiger partial charge in [0.2, 0.25) is 0 Å². The first kappa shape index (κ1) is 19.4. The van der Waals surface area contributed by atoms with Gasteiger partial charge in [-0.2, -0.15) is 0 Å². The van der Waals surface area contributed by atoms with Gasteiger partial charge in [0.15, 0.2) is 12.4 Å². The Bertz CT molecular complexity index is 868. The van der Waals surface area contributed by atoms with E-state index in [-0.39, 0.29) is 29.8 Å². The van der Waals surface area contributed by atoms with Crippen LogP contribution in [0.4, 0.5) is 15.8 Å². The van der Waals surface area contributed by atoms with Crippen LogP contribution in [0.3, 0.4) is 0 Å². The van der Waals surface area contributed by atoms with Gasteiger partial charge in [-0.15, -0.1) is 0 Å². The standard InChI is InChI=1S/C19H20FN3O5/c1-27-14-6-7-18(17(12-14)23(25)26)28-13-19(24)22-10-8-21(9-11-22)16-5-3-2-4-15(16)20/h2-7,12H,8-11,13H2,1H3.